The van der Waals surface area contributed by atoms with Crippen molar-refractivity contribution in [2.75, 3.05) is 31.7 Å². The van der Waals surface area contributed by atoms with E-state index in [0.29, 0.717) is 6.61 Å². The number of anilines is 1. The number of benzene rings is 1. The van der Waals surface area contributed by atoms with Crippen LogP contribution in [0.2, 0.25) is 0 Å². The zero-order valence-corrected chi connectivity index (χ0v) is 18.4. The van der Waals surface area contributed by atoms with Crippen LogP contribution in [0.4, 0.5) is 5.82 Å². The molecule has 5 nitrogen and oxygen atoms in total. The number of ether oxygens (including phenoxy) is 1. The van der Waals surface area contributed by atoms with E-state index in [-0.39, 0.29) is 12.4 Å². The average molecular weight is 401 g/mol. The third kappa shape index (κ3) is 3.16. The molecule has 0 bridgehead atoms. The molecule has 0 radical (unpaired) electrons. The van der Waals surface area contributed by atoms with Crippen molar-refractivity contribution >= 4 is 23.9 Å². The van der Waals surface area contributed by atoms with Crippen LogP contribution in [0, 0.1) is 34.6 Å². The Morgan fingerprint density at radius 3 is 2.32 bits per heavy atom. The summed E-state index contributed by atoms with van der Waals surface area (Å²) in [5.41, 5.74) is 10.7. The van der Waals surface area contributed by atoms with Crippen molar-refractivity contribution in [3.05, 3.63) is 45.8 Å². The molecule has 0 atom stereocenters. The Bertz CT molecular complexity index is 1020. The fourth-order valence-corrected chi connectivity index (χ4v) is 4.54. The van der Waals surface area contributed by atoms with Crippen molar-refractivity contribution < 1.29 is 4.74 Å². The van der Waals surface area contributed by atoms with E-state index in [9.17, 15) is 0 Å². The molecule has 0 fully saturated rings. The van der Waals surface area contributed by atoms with Gasteiger partial charge in [-0.15, -0.1) is 12.4 Å². The summed E-state index contributed by atoms with van der Waals surface area (Å²) in [6.07, 6.45) is 1.02. The lowest BCUT2D eigenvalue weighted by Crippen LogP contribution is -2.26. The van der Waals surface area contributed by atoms with Gasteiger partial charge in [0.2, 0.25) is 0 Å². The van der Waals surface area contributed by atoms with Crippen LogP contribution >= 0.6 is 12.4 Å². The summed E-state index contributed by atoms with van der Waals surface area (Å²) in [7, 11) is 1.75. The first kappa shape index (κ1) is 20.6. The Hall–Kier alpha value is -2.11. The summed E-state index contributed by atoms with van der Waals surface area (Å²) in [4.78, 5) is 7.39. The van der Waals surface area contributed by atoms with Crippen LogP contribution in [0.1, 0.15) is 33.6 Å². The first-order chi connectivity index (χ1) is 12.9. The van der Waals surface area contributed by atoms with E-state index < -0.39 is 0 Å². The van der Waals surface area contributed by atoms with Gasteiger partial charge in [0.25, 0.3) is 0 Å². The van der Waals surface area contributed by atoms with E-state index in [1.165, 1.54) is 33.6 Å². The molecule has 0 N–H and O–H groups in total. The monoisotopic (exact) mass is 400 g/mol. The third-order valence-electron chi connectivity index (χ3n) is 5.64. The molecule has 0 unspecified atom stereocenters. The summed E-state index contributed by atoms with van der Waals surface area (Å²) >= 11 is 0. The minimum absolute atomic E-state index is 0. The molecule has 0 saturated heterocycles. The molecule has 0 aliphatic carbocycles. The molecule has 3 aromatic rings. The maximum Gasteiger partial charge on any atom is 0.165 e. The summed E-state index contributed by atoms with van der Waals surface area (Å²) in [6, 6.07) is 4.49. The van der Waals surface area contributed by atoms with Gasteiger partial charge in [-0.05, 0) is 57.7 Å². The van der Waals surface area contributed by atoms with Crippen LogP contribution in [0.5, 0.6) is 0 Å². The number of nitrogens with zero attached hydrogens (tertiary/aromatic N) is 4. The number of hydrogen-bond acceptors (Lipinski definition) is 4. The Morgan fingerprint density at radius 1 is 1.00 bits per heavy atom. The van der Waals surface area contributed by atoms with Crippen LogP contribution in [0.15, 0.2) is 12.1 Å². The molecule has 0 amide bonds. The maximum atomic E-state index is 5.32. The van der Waals surface area contributed by atoms with Gasteiger partial charge in [-0.25, -0.2) is 4.98 Å². The summed E-state index contributed by atoms with van der Waals surface area (Å²) in [5.74, 6) is 1.19. The fraction of sp³-hybridized carbons (Fsp3) is 0.455. The zero-order valence-electron chi connectivity index (χ0n) is 17.6. The number of halogens is 1. The number of aryl methyl sites for hydroxylation is 5. The first-order valence-electron chi connectivity index (χ1n) is 9.63. The predicted octanol–water partition coefficient (Wildman–Crippen LogP) is 4.37. The molecule has 28 heavy (non-hydrogen) atoms. The van der Waals surface area contributed by atoms with Gasteiger partial charge < -0.3 is 9.64 Å². The van der Waals surface area contributed by atoms with Crippen molar-refractivity contribution in [1.29, 1.82) is 0 Å². The molecular formula is C22H29ClN4O. The molecule has 1 aromatic carbocycles. The van der Waals surface area contributed by atoms with Crippen LogP contribution in [0.3, 0.4) is 0 Å². The van der Waals surface area contributed by atoms with Gasteiger partial charge in [-0.2, -0.15) is 9.61 Å². The van der Waals surface area contributed by atoms with Gasteiger partial charge in [0.1, 0.15) is 5.82 Å². The predicted molar refractivity (Wildman–Crippen MR) is 117 cm³/mol. The van der Waals surface area contributed by atoms with Crippen LogP contribution < -0.4 is 4.90 Å². The molecule has 0 saturated carbocycles. The van der Waals surface area contributed by atoms with E-state index in [4.69, 9.17) is 14.8 Å². The molecule has 6 heteroatoms. The Morgan fingerprint density at radius 2 is 1.68 bits per heavy atom. The van der Waals surface area contributed by atoms with Crippen LogP contribution in [-0.2, 0) is 11.2 Å². The Balaban J connectivity index is 0.00000225. The average Bonchev–Trinajstić information content (AvgIpc) is 3.15. The SMILES string of the molecule is COCCN1CCc2c(C)nc3c(-c4c(C)cc(C)cc4C)c(C)nn3c21.Cl. The lowest BCUT2D eigenvalue weighted by Gasteiger charge is -2.20. The van der Waals surface area contributed by atoms with Gasteiger partial charge in [0.05, 0.1) is 17.9 Å². The second-order valence-corrected chi connectivity index (χ2v) is 7.70. The van der Waals surface area contributed by atoms with Gasteiger partial charge in [0.15, 0.2) is 5.65 Å². The normalized spacial score (nSPS) is 13.1. The van der Waals surface area contributed by atoms with Crippen molar-refractivity contribution in [2.45, 2.75) is 41.0 Å². The molecule has 150 valence electrons. The molecule has 2 aromatic heterocycles. The van der Waals surface area contributed by atoms with E-state index in [0.717, 1.165) is 42.1 Å². The van der Waals surface area contributed by atoms with Gasteiger partial charge in [-0.1, -0.05) is 17.7 Å². The number of aromatic nitrogens is 3. The van der Waals surface area contributed by atoms with Crippen LogP contribution in [0.25, 0.3) is 16.8 Å². The Kier molecular flexibility index (Phi) is 5.69. The molecule has 3 heterocycles. The minimum atomic E-state index is 0. The largest absolute Gasteiger partial charge is 0.383 e. The van der Waals surface area contributed by atoms with Crippen molar-refractivity contribution in [2.24, 2.45) is 0 Å². The molecule has 4 rings (SSSR count). The summed E-state index contributed by atoms with van der Waals surface area (Å²) in [6.45, 7) is 13.3. The standard InChI is InChI=1S/C22H28N4O.ClH/c1-13-11-14(2)19(15(3)12-13)20-17(5)24-26-21(20)23-16(4)18-7-8-25(22(18)26)9-10-27-6;/h11-12H,7-10H2,1-6H3;1H. The molecular weight excluding hydrogens is 372 g/mol. The molecule has 0 spiro atoms. The number of methoxy groups -OCH3 is 1. The fourth-order valence-electron chi connectivity index (χ4n) is 4.54. The quantitative estimate of drug-likeness (QED) is 0.652. The van der Waals surface area contributed by atoms with Crippen molar-refractivity contribution in [3.8, 4) is 11.1 Å². The summed E-state index contributed by atoms with van der Waals surface area (Å²) in [5, 5.41) is 4.94. The highest BCUT2D eigenvalue weighted by molar-refractivity contribution is 5.86. The number of fused-ring (bicyclic) bond motifs is 3. The van der Waals surface area contributed by atoms with Gasteiger partial charge >= 0.3 is 0 Å². The highest BCUT2D eigenvalue weighted by Gasteiger charge is 2.28. The second kappa shape index (κ2) is 7.72. The maximum absolute atomic E-state index is 5.32. The van der Waals surface area contributed by atoms with Crippen molar-refractivity contribution in [1.82, 2.24) is 14.6 Å². The topological polar surface area (TPSA) is 42.7 Å². The van der Waals surface area contributed by atoms with E-state index in [1.807, 2.05) is 0 Å². The van der Waals surface area contributed by atoms with E-state index in [1.54, 1.807) is 7.11 Å². The minimum Gasteiger partial charge on any atom is -0.383 e. The van der Waals surface area contributed by atoms with E-state index in [2.05, 4.69) is 56.2 Å². The third-order valence-corrected chi connectivity index (χ3v) is 5.64. The lowest BCUT2D eigenvalue weighted by atomic mass is 9.94. The van der Waals surface area contributed by atoms with Gasteiger partial charge in [-0.3, -0.25) is 0 Å². The van der Waals surface area contributed by atoms with Crippen molar-refractivity contribution in [3.63, 3.8) is 0 Å². The Labute approximate surface area is 173 Å². The first-order valence-corrected chi connectivity index (χ1v) is 9.63. The lowest BCUT2D eigenvalue weighted by molar-refractivity contribution is 0.205. The number of hydrogen-bond donors (Lipinski definition) is 0. The molecule has 1 aliphatic rings. The highest BCUT2D eigenvalue weighted by atomic mass is 35.5. The summed E-state index contributed by atoms with van der Waals surface area (Å²) < 4.78 is 7.38. The van der Waals surface area contributed by atoms with Crippen LogP contribution in [-0.4, -0.2) is 41.4 Å². The zero-order chi connectivity index (χ0) is 19.3. The highest BCUT2D eigenvalue weighted by Crippen LogP contribution is 2.37. The molecule has 1 aliphatic heterocycles. The smallest absolute Gasteiger partial charge is 0.165 e. The second-order valence-electron chi connectivity index (χ2n) is 7.70. The van der Waals surface area contributed by atoms with Gasteiger partial charge in [0, 0.05) is 31.5 Å². The van der Waals surface area contributed by atoms with E-state index >= 15 is 0 Å². The number of rotatable bonds is 4.